The van der Waals surface area contributed by atoms with Gasteiger partial charge >= 0.3 is 13.2 Å². The molecule has 9 heteroatoms. The van der Waals surface area contributed by atoms with Crippen LogP contribution in [-0.4, -0.2) is 59.2 Å². The zero-order valence-corrected chi connectivity index (χ0v) is 20.6. The summed E-state index contributed by atoms with van der Waals surface area (Å²) >= 11 is 0. The molecule has 0 aliphatic carbocycles. The number of alkyl carbamates (subject to hydrolysis) is 1. The molecular weight excluding hydrogens is 433 g/mol. The second-order valence-electron chi connectivity index (χ2n) is 9.99. The molecule has 0 spiro atoms. The van der Waals surface area contributed by atoms with Crippen LogP contribution in [0.25, 0.3) is 0 Å². The van der Waals surface area contributed by atoms with Crippen LogP contribution in [0.15, 0.2) is 35.9 Å². The summed E-state index contributed by atoms with van der Waals surface area (Å²) in [7, 11) is -1.76. The van der Waals surface area contributed by atoms with Crippen molar-refractivity contribution < 1.29 is 24.4 Å². The van der Waals surface area contributed by atoms with Crippen molar-refractivity contribution in [2.24, 2.45) is 5.41 Å². The third-order valence-corrected chi connectivity index (χ3v) is 5.71. The quantitative estimate of drug-likeness (QED) is 0.321. The molecule has 0 saturated carbocycles. The van der Waals surface area contributed by atoms with Crippen LogP contribution in [0.5, 0.6) is 0 Å². The van der Waals surface area contributed by atoms with E-state index in [4.69, 9.17) is 4.74 Å². The Balaban J connectivity index is 2.04. The molecule has 1 heterocycles. The van der Waals surface area contributed by atoms with Crippen LogP contribution in [0.2, 0.25) is 0 Å². The van der Waals surface area contributed by atoms with Crippen molar-refractivity contribution in [2.45, 2.75) is 71.8 Å². The fourth-order valence-corrected chi connectivity index (χ4v) is 3.92. The number of nitrogens with one attached hydrogen (secondary N) is 1. The highest BCUT2D eigenvalue weighted by atomic mass is 16.5. The molecule has 2 atom stereocenters. The first kappa shape index (κ1) is 27.4. The van der Waals surface area contributed by atoms with Gasteiger partial charge in [-0.15, -0.1) is 0 Å². The van der Waals surface area contributed by atoms with Crippen molar-refractivity contribution in [3.05, 3.63) is 47.0 Å². The minimum atomic E-state index is -1.76. The fraction of sp³-hybridized carbons (Fsp3) is 0.560. The van der Waals surface area contributed by atoms with Crippen LogP contribution >= 0.6 is 0 Å². The Morgan fingerprint density at radius 2 is 1.94 bits per heavy atom. The van der Waals surface area contributed by atoms with Crippen LogP contribution in [0.3, 0.4) is 0 Å². The number of nitriles is 1. The van der Waals surface area contributed by atoms with Crippen molar-refractivity contribution in [1.29, 1.82) is 5.26 Å². The third kappa shape index (κ3) is 8.84. The van der Waals surface area contributed by atoms with Gasteiger partial charge in [-0.1, -0.05) is 69.5 Å². The van der Waals surface area contributed by atoms with Gasteiger partial charge in [0.2, 0.25) is 0 Å². The lowest BCUT2D eigenvalue weighted by Crippen LogP contribution is -2.49. The van der Waals surface area contributed by atoms with Gasteiger partial charge in [0.25, 0.3) is 5.91 Å². The maximum absolute atomic E-state index is 13.1. The van der Waals surface area contributed by atoms with Crippen molar-refractivity contribution in [2.75, 3.05) is 13.2 Å². The molecule has 1 saturated heterocycles. The lowest BCUT2D eigenvalue weighted by atomic mass is 9.76. The van der Waals surface area contributed by atoms with Gasteiger partial charge in [0.1, 0.15) is 18.2 Å². The summed E-state index contributed by atoms with van der Waals surface area (Å²) < 4.78 is 5.40. The van der Waals surface area contributed by atoms with E-state index in [0.29, 0.717) is 13.0 Å². The molecule has 0 radical (unpaired) electrons. The van der Waals surface area contributed by atoms with Crippen LogP contribution in [0, 0.1) is 23.7 Å². The average Bonchev–Trinajstić information content (AvgIpc) is 3.01. The highest BCUT2D eigenvalue weighted by molar-refractivity contribution is 6.43. The predicted molar refractivity (Wildman–Crippen MR) is 130 cm³/mol. The van der Waals surface area contributed by atoms with Crippen LogP contribution in [0.4, 0.5) is 4.79 Å². The summed E-state index contributed by atoms with van der Waals surface area (Å²) in [5.41, 5.74) is 1.69. The summed E-state index contributed by atoms with van der Waals surface area (Å²) in [5, 5.41) is 31.5. The lowest BCUT2D eigenvalue weighted by molar-refractivity contribution is -0.129. The van der Waals surface area contributed by atoms with Gasteiger partial charge in [0.05, 0.1) is 12.0 Å². The summed E-state index contributed by atoms with van der Waals surface area (Å²) in [4.78, 5) is 27.2. The molecule has 2 amide bonds. The summed E-state index contributed by atoms with van der Waals surface area (Å²) in [6.45, 7) is 8.18. The van der Waals surface area contributed by atoms with E-state index in [1.165, 1.54) is 0 Å². The lowest BCUT2D eigenvalue weighted by Gasteiger charge is -2.30. The number of likely N-dealkylation sites (tertiary alicyclic amines) is 1. The molecule has 34 heavy (non-hydrogen) atoms. The fourth-order valence-electron chi connectivity index (χ4n) is 3.92. The first-order chi connectivity index (χ1) is 16.0. The summed E-state index contributed by atoms with van der Waals surface area (Å²) in [6.07, 6.45) is 4.42. The Morgan fingerprint density at radius 3 is 2.53 bits per heavy atom. The molecule has 1 aromatic carbocycles. The molecule has 184 valence electrons. The average molecular weight is 469 g/mol. The second kappa shape index (κ2) is 12.6. The zero-order valence-electron chi connectivity index (χ0n) is 20.6. The van der Waals surface area contributed by atoms with E-state index < -0.39 is 19.2 Å². The number of amides is 2. The van der Waals surface area contributed by atoms with Crippen LogP contribution < -0.4 is 5.32 Å². The molecule has 1 aliphatic heterocycles. The number of ether oxygens (including phenoxy) is 1. The first-order valence-corrected chi connectivity index (χ1v) is 11.8. The summed E-state index contributed by atoms with van der Waals surface area (Å²) in [6, 6.07) is 9.22. The monoisotopic (exact) mass is 469 g/mol. The molecular formula is C25H36BN3O5. The van der Waals surface area contributed by atoms with E-state index in [2.05, 4.69) is 5.32 Å². The van der Waals surface area contributed by atoms with E-state index in [1.54, 1.807) is 11.0 Å². The number of rotatable bonds is 7. The van der Waals surface area contributed by atoms with E-state index >= 15 is 0 Å². The molecule has 0 bridgehead atoms. The SMILES string of the molecule is Cc1ccc(C[C@H](NC(=O)OC[C@H]2CCCCCN2C(=O)/C(C#N)=C/C(C)(C)C)B(O)O)cc1. The van der Waals surface area contributed by atoms with Crippen molar-refractivity contribution in [3.8, 4) is 6.07 Å². The van der Waals surface area contributed by atoms with Gasteiger partial charge in [-0.3, -0.25) is 4.79 Å². The molecule has 1 aliphatic rings. The Kier molecular flexibility index (Phi) is 10.1. The number of hydrogen-bond donors (Lipinski definition) is 3. The highest BCUT2D eigenvalue weighted by Crippen LogP contribution is 2.23. The number of aryl methyl sites for hydroxylation is 1. The molecule has 3 N–H and O–H groups in total. The van der Waals surface area contributed by atoms with Gasteiger partial charge in [-0.2, -0.15) is 5.26 Å². The van der Waals surface area contributed by atoms with Gasteiger partial charge in [-0.25, -0.2) is 4.79 Å². The van der Waals surface area contributed by atoms with Gasteiger partial charge in [0, 0.05) is 6.54 Å². The minimum absolute atomic E-state index is 0.0371. The molecule has 2 rings (SSSR count). The number of carbonyl (C=O) groups is 2. The minimum Gasteiger partial charge on any atom is -0.447 e. The van der Waals surface area contributed by atoms with Crippen LogP contribution in [0.1, 0.15) is 57.6 Å². The standard InChI is InChI=1S/C25H36BN3O5/c1-18-9-11-19(12-10-18)14-22(26(32)33)28-24(31)34-17-21-8-6-5-7-13-29(21)23(30)20(16-27)15-25(2,3)4/h9-12,15,21-22,32-33H,5-8,13-14,17H2,1-4H3,(H,28,31)/b20-15+/t21-,22+/m1/s1. The Labute approximate surface area is 202 Å². The first-order valence-electron chi connectivity index (χ1n) is 11.8. The van der Waals surface area contributed by atoms with E-state index in [0.717, 1.165) is 30.4 Å². The topological polar surface area (TPSA) is 123 Å². The molecule has 1 aromatic rings. The largest absolute Gasteiger partial charge is 0.475 e. The molecule has 8 nitrogen and oxygen atoms in total. The van der Waals surface area contributed by atoms with Crippen molar-refractivity contribution in [3.63, 3.8) is 0 Å². The second-order valence-corrected chi connectivity index (χ2v) is 9.99. The Bertz CT molecular complexity index is 903. The van der Waals surface area contributed by atoms with Gasteiger partial charge < -0.3 is 25.0 Å². The Morgan fingerprint density at radius 1 is 1.26 bits per heavy atom. The normalized spacial score (nSPS) is 17.9. The molecule has 1 fully saturated rings. The van der Waals surface area contributed by atoms with Crippen molar-refractivity contribution in [1.82, 2.24) is 10.2 Å². The number of hydrogen-bond acceptors (Lipinski definition) is 6. The highest BCUT2D eigenvalue weighted by Gasteiger charge is 2.31. The number of allylic oxidation sites excluding steroid dienone is 1. The van der Waals surface area contributed by atoms with Gasteiger partial charge in [0.15, 0.2) is 0 Å². The van der Waals surface area contributed by atoms with E-state index in [9.17, 15) is 24.9 Å². The summed E-state index contributed by atoms with van der Waals surface area (Å²) in [5.74, 6) is -1.29. The molecule has 0 aromatic heterocycles. The number of carbonyl (C=O) groups excluding carboxylic acids is 2. The van der Waals surface area contributed by atoms with Gasteiger partial charge in [-0.05, 0) is 37.2 Å². The van der Waals surface area contributed by atoms with Crippen molar-refractivity contribution >= 4 is 19.1 Å². The third-order valence-electron chi connectivity index (χ3n) is 5.71. The number of benzene rings is 1. The Hall–Kier alpha value is -2.83. The maximum Gasteiger partial charge on any atom is 0.475 e. The van der Waals surface area contributed by atoms with Crippen LogP contribution in [-0.2, 0) is 16.0 Å². The predicted octanol–water partition coefficient (Wildman–Crippen LogP) is 2.91. The molecule has 0 unspecified atom stereocenters. The van der Waals surface area contributed by atoms with E-state index in [-0.39, 0.29) is 36.0 Å². The smallest absolute Gasteiger partial charge is 0.447 e. The maximum atomic E-state index is 13.1. The zero-order chi connectivity index (χ0) is 25.3. The van der Waals surface area contributed by atoms with E-state index in [1.807, 2.05) is 58.0 Å². The number of nitrogens with zero attached hydrogens (tertiary/aromatic N) is 2.